The van der Waals surface area contributed by atoms with Crippen molar-refractivity contribution < 1.29 is 29.2 Å². The molecule has 7 heteroatoms. The van der Waals surface area contributed by atoms with Gasteiger partial charge in [0.1, 0.15) is 30.4 Å². The van der Waals surface area contributed by atoms with Crippen LogP contribution in [0.2, 0.25) is 0 Å². The van der Waals surface area contributed by atoms with Crippen LogP contribution in [0.5, 0.6) is 11.5 Å². The van der Waals surface area contributed by atoms with Crippen molar-refractivity contribution in [3.63, 3.8) is 0 Å². The molecule has 0 spiro atoms. The van der Waals surface area contributed by atoms with E-state index < -0.39 is 18.3 Å². The summed E-state index contributed by atoms with van der Waals surface area (Å²) in [5.74, 6) is 0.826. The summed E-state index contributed by atoms with van der Waals surface area (Å²) in [6.45, 7) is 2.26. The van der Waals surface area contributed by atoms with Gasteiger partial charge in [-0.2, -0.15) is 0 Å². The van der Waals surface area contributed by atoms with Crippen LogP contribution in [-0.4, -0.2) is 66.3 Å². The zero-order valence-corrected chi connectivity index (χ0v) is 20.8. The summed E-state index contributed by atoms with van der Waals surface area (Å²) in [6, 6.07) is 26.5. The fourth-order valence-corrected chi connectivity index (χ4v) is 3.92. The number of hydrogen-bond donors (Lipinski definition) is 2. The van der Waals surface area contributed by atoms with Crippen molar-refractivity contribution in [1.29, 1.82) is 0 Å². The quantitative estimate of drug-likeness (QED) is 0.263. The molecule has 192 valence electrons. The lowest BCUT2D eigenvalue weighted by Crippen LogP contribution is -2.48. The number of aliphatic hydroxyl groups excluding tert-OH is 2. The smallest absolute Gasteiger partial charge is 0.343 e. The first-order valence-corrected chi connectivity index (χ1v) is 12.1. The summed E-state index contributed by atoms with van der Waals surface area (Å²) in [7, 11) is 1.32. The highest BCUT2D eigenvalue weighted by Crippen LogP contribution is 2.18. The topological polar surface area (TPSA) is 88.5 Å². The first-order valence-electron chi connectivity index (χ1n) is 12.1. The molecule has 0 aromatic heterocycles. The minimum atomic E-state index is -0.785. The van der Waals surface area contributed by atoms with E-state index in [1.807, 2.05) is 84.6 Å². The molecule has 0 aliphatic rings. The Morgan fingerprint density at radius 2 is 1.39 bits per heavy atom. The van der Waals surface area contributed by atoms with E-state index in [0.717, 1.165) is 11.1 Å². The van der Waals surface area contributed by atoms with Crippen molar-refractivity contribution in [3.05, 3.63) is 96.1 Å². The zero-order chi connectivity index (χ0) is 25.8. The fourth-order valence-electron chi connectivity index (χ4n) is 3.92. The molecule has 0 saturated carbocycles. The molecule has 0 bridgehead atoms. The van der Waals surface area contributed by atoms with Crippen LogP contribution in [0.25, 0.3) is 0 Å². The van der Waals surface area contributed by atoms with Crippen LogP contribution in [-0.2, 0) is 22.4 Å². The number of hydrogen-bond acceptors (Lipinski definition) is 7. The van der Waals surface area contributed by atoms with E-state index in [0.29, 0.717) is 24.3 Å². The van der Waals surface area contributed by atoms with E-state index >= 15 is 0 Å². The van der Waals surface area contributed by atoms with E-state index in [-0.39, 0.29) is 25.8 Å². The largest absolute Gasteiger partial charge is 0.491 e. The average molecular weight is 494 g/mol. The third-order valence-corrected chi connectivity index (χ3v) is 5.86. The highest BCUT2D eigenvalue weighted by atomic mass is 16.6. The van der Waals surface area contributed by atoms with Crippen LogP contribution < -0.4 is 9.47 Å². The van der Waals surface area contributed by atoms with Crippen LogP contribution in [0.4, 0.5) is 0 Å². The molecule has 3 atom stereocenters. The molecule has 2 N–H and O–H groups in total. The van der Waals surface area contributed by atoms with Crippen molar-refractivity contribution in [2.45, 2.75) is 38.1 Å². The molecule has 0 fully saturated rings. The van der Waals surface area contributed by atoms with E-state index in [1.165, 1.54) is 7.11 Å². The normalized spacial score (nSPS) is 13.6. The van der Waals surface area contributed by atoms with Gasteiger partial charge < -0.3 is 24.4 Å². The summed E-state index contributed by atoms with van der Waals surface area (Å²) < 4.78 is 15.7. The van der Waals surface area contributed by atoms with Crippen LogP contribution >= 0.6 is 0 Å². The standard InChI is InChI=1S/C29H35NO6/c1-22(17-24-13-15-27(16-14-24)36-21-29(33)34-2)30(28(32)18-23-9-5-3-6-10-23)19-25(31)20-35-26-11-7-4-8-12-26/h3-16,22,25,28,31-32H,17-21H2,1-2H3/t22-,25+,28-/m1/s1. The fraction of sp³-hybridized carbons (Fsp3) is 0.345. The van der Waals surface area contributed by atoms with Gasteiger partial charge in [0.25, 0.3) is 0 Å². The van der Waals surface area contributed by atoms with Gasteiger partial charge in [-0.1, -0.05) is 60.7 Å². The number of nitrogens with zero attached hydrogens (tertiary/aromatic N) is 1. The number of benzene rings is 3. The molecule has 0 saturated heterocycles. The molecule has 0 aliphatic carbocycles. The number of ether oxygens (including phenoxy) is 3. The molecule has 3 aromatic rings. The highest BCUT2D eigenvalue weighted by Gasteiger charge is 2.25. The molecule has 36 heavy (non-hydrogen) atoms. The SMILES string of the molecule is COC(=O)COc1ccc(C[C@@H](C)N(C[C@H](O)COc2ccccc2)[C@H](O)Cc2ccccc2)cc1. The summed E-state index contributed by atoms with van der Waals surface area (Å²) in [5.41, 5.74) is 2.06. The van der Waals surface area contributed by atoms with Crippen LogP contribution in [0.15, 0.2) is 84.9 Å². The second-order valence-corrected chi connectivity index (χ2v) is 8.71. The first kappa shape index (κ1) is 27.2. The molecule has 0 unspecified atom stereocenters. The summed E-state index contributed by atoms with van der Waals surface area (Å²) in [6.07, 6.45) is -0.476. The highest BCUT2D eigenvalue weighted by molar-refractivity contribution is 5.70. The summed E-state index contributed by atoms with van der Waals surface area (Å²) >= 11 is 0. The maximum absolute atomic E-state index is 11.3. The van der Waals surface area contributed by atoms with E-state index in [4.69, 9.17) is 9.47 Å². The lowest BCUT2D eigenvalue weighted by molar-refractivity contribution is -0.142. The average Bonchev–Trinajstić information content (AvgIpc) is 2.91. The Hall–Kier alpha value is -3.39. The Morgan fingerprint density at radius 3 is 2.03 bits per heavy atom. The van der Waals surface area contributed by atoms with Crippen LogP contribution in [0.1, 0.15) is 18.1 Å². The van der Waals surface area contributed by atoms with Gasteiger partial charge in [0.05, 0.1) is 7.11 Å². The van der Waals surface area contributed by atoms with Gasteiger partial charge in [-0.25, -0.2) is 4.79 Å². The number of esters is 1. The van der Waals surface area contributed by atoms with Gasteiger partial charge in [0.2, 0.25) is 0 Å². The zero-order valence-electron chi connectivity index (χ0n) is 20.8. The van der Waals surface area contributed by atoms with E-state index in [1.54, 1.807) is 12.1 Å². The number of para-hydroxylation sites is 1. The second kappa shape index (κ2) is 14.2. The Labute approximate surface area is 212 Å². The lowest BCUT2D eigenvalue weighted by atomic mass is 10.0. The van der Waals surface area contributed by atoms with Crippen molar-refractivity contribution in [1.82, 2.24) is 4.90 Å². The Morgan fingerprint density at radius 1 is 0.806 bits per heavy atom. The van der Waals surface area contributed by atoms with Gasteiger partial charge in [0, 0.05) is 19.0 Å². The molecule has 0 radical (unpaired) electrons. The Kier molecular flexibility index (Phi) is 10.8. The minimum absolute atomic E-state index is 0.0723. The van der Waals surface area contributed by atoms with Crippen LogP contribution in [0.3, 0.4) is 0 Å². The number of methoxy groups -OCH3 is 1. The predicted octanol–water partition coefficient (Wildman–Crippen LogP) is 3.47. The van der Waals surface area contributed by atoms with E-state index in [9.17, 15) is 15.0 Å². The molecule has 0 aliphatic heterocycles. The maximum Gasteiger partial charge on any atom is 0.343 e. The monoisotopic (exact) mass is 493 g/mol. The second-order valence-electron chi connectivity index (χ2n) is 8.71. The van der Waals surface area contributed by atoms with E-state index in [2.05, 4.69) is 4.74 Å². The molecule has 3 rings (SSSR count). The summed E-state index contributed by atoms with van der Waals surface area (Å²) in [5, 5.41) is 21.9. The third-order valence-electron chi connectivity index (χ3n) is 5.86. The predicted molar refractivity (Wildman–Crippen MR) is 138 cm³/mol. The Bertz CT molecular complexity index is 1030. The van der Waals surface area contributed by atoms with Crippen molar-refractivity contribution in [3.8, 4) is 11.5 Å². The summed E-state index contributed by atoms with van der Waals surface area (Å²) in [4.78, 5) is 13.2. The first-order chi connectivity index (χ1) is 17.4. The minimum Gasteiger partial charge on any atom is -0.491 e. The van der Waals surface area contributed by atoms with Gasteiger partial charge >= 0.3 is 5.97 Å². The Balaban J connectivity index is 1.64. The van der Waals surface area contributed by atoms with Crippen molar-refractivity contribution in [2.24, 2.45) is 0 Å². The van der Waals surface area contributed by atoms with Gasteiger partial charge in [-0.05, 0) is 48.7 Å². The maximum atomic E-state index is 11.3. The molecular formula is C29H35NO6. The molecule has 3 aromatic carbocycles. The van der Waals surface area contributed by atoms with Gasteiger partial charge in [-0.15, -0.1) is 0 Å². The molecular weight excluding hydrogens is 458 g/mol. The molecule has 7 nitrogen and oxygen atoms in total. The number of aliphatic hydroxyl groups is 2. The van der Waals surface area contributed by atoms with Gasteiger partial charge in [0.15, 0.2) is 6.61 Å². The lowest BCUT2D eigenvalue weighted by Gasteiger charge is -2.35. The molecule has 0 heterocycles. The van der Waals surface area contributed by atoms with Crippen molar-refractivity contribution >= 4 is 5.97 Å². The van der Waals surface area contributed by atoms with Crippen LogP contribution in [0, 0.1) is 0 Å². The number of rotatable bonds is 14. The molecule has 0 amide bonds. The third kappa shape index (κ3) is 9.00. The van der Waals surface area contributed by atoms with Gasteiger partial charge in [-0.3, -0.25) is 4.90 Å². The van der Waals surface area contributed by atoms with Crippen molar-refractivity contribution in [2.75, 3.05) is 26.9 Å². The number of carbonyl (C=O) groups excluding carboxylic acids is 1. The number of carbonyl (C=O) groups is 1.